The number of benzene rings is 8. The third-order valence-electron chi connectivity index (χ3n) is 11.3. The van der Waals surface area contributed by atoms with Gasteiger partial charge in [0.15, 0.2) is 23.3 Å². The first-order valence-corrected chi connectivity index (χ1v) is 24.9. The topological polar surface area (TPSA) is 248 Å². The second kappa shape index (κ2) is 21.8. The van der Waals surface area contributed by atoms with Crippen molar-refractivity contribution in [2.45, 2.75) is 6.61 Å². The van der Waals surface area contributed by atoms with Gasteiger partial charge in [-0.3, -0.25) is 20.4 Å². The zero-order chi connectivity index (χ0) is 50.5. The molecule has 0 aliphatic carbocycles. The number of halogens is 5. The number of aromatic amines is 4. The first-order valence-electron chi connectivity index (χ1n) is 21.8. The summed E-state index contributed by atoms with van der Waals surface area (Å²) in [5, 5.41) is 41.5. The van der Waals surface area contributed by atoms with E-state index in [0.29, 0.717) is 39.9 Å². The number of phenols is 1. The Kier molecular flexibility index (Phi) is 15.0. The SMILES string of the molecule is Nc1n[nH]c2cc(-c3ccc(O)cc3)c(Br)cc12.Nc1n[nH]c2cc(-c3ccc(OCc4ccccc4)cc3)c(Br)cc12.Nc1n[nH]c2cc(Cl)c(-c3ccccc3)cc12.Nc1n[nH]c2cc(Cl)c(Br)cc12. The molecule has 0 radical (unpaired) electrons. The van der Waals surface area contributed by atoms with Crippen LogP contribution in [0.1, 0.15) is 5.56 Å². The van der Waals surface area contributed by atoms with Crippen molar-refractivity contribution >= 4 is 138 Å². The standard InChI is InChI=1S/C20H16BrN3O.C13H10BrN3O.C13H10ClN3.C7H5BrClN3/c21-18-10-17-19(23-24-20(17)22)11-16(18)14-6-8-15(9-7-14)25-12-13-4-2-1-3-5-13;14-11-5-10-12(16-17-13(10)15)6-9(11)7-1-3-8(18)4-2-7;14-11-7-12-10(13(15)17-16-12)6-9(11)8-4-2-1-3-5-8;8-4-1-3-6(2-5(4)9)11-12-7(3)10/h1-11H,12H2,(H3,22,23,24);1-6,18H,(H3,15,16,17);1-7H,(H3,15,16,17);1-2H,(H3,10,11,12). The van der Waals surface area contributed by atoms with Gasteiger partial charge in [0, 0.05) is 40.5 Å². The predicted octanol–water partition coefficient (Wildman–Crippen LogP) is 14.5. The monoisotopic (exact) mass is 1180 g/mol. The summed E-state index contributed by atoms with van der Waals surface area (Å²) in [7, 11) is 0. The van der Waals surface area contributed by atoms with Crippen LogP contribution in [0.15, 0.2) is 171 Å². The molecule has 72 heavy (non-hydrogen) atoms. The number of hydrogen-bond acceptors (Lipinski definition) is 10. The van der Waals surface area contributed by atoms with Crippen LogP contribution in [-0.4, -0.2) is 45.9 Å². The Morgan fingerprint density at radius 2 is 0.819 bits per heavy atom. The van der Waals surface area contributed by atoms with E-state index < -0.39 is 0 Å². The van der Waals surface area contributed by atoms with Crippen LogP contribution in [0, 0.1) is 0 Å². The molecule has 0 aliphatic rings. The lowest BCUT2D eigenvalue weighted by molar-refractivity contribution is 0.306. The molecule has 0 saturated heterocycles. The van der Waals surface area contributed by atoms with Gasteiger partial charge in [-0.05, 0) is 122 Å². The molecule has 0 saturated carbocycles. The van der Waals surface area contributed by atoms with E-state index in [-0.39, 0.29) is 5.75 Å². The molecule has 0 aliphatic heterocycles. The van der Waals surface area contributed by atoms with Gasteiger partial charge in [0.2, 0.25) is 0 Å². The largest absolute Gasteiger partial charge is 0.508 e. The normalized spacial score (nSPS) is 10.9. The van der Waals surface area contributed by atoms with Crippen molar-refractivity contribution in [2.24, 2.45) is 0 Å². The summed E-state index contributed by atoms with van der Waals surface area (Å²) >= 11 is 22.6. The Hall–Kier alpha value is -7.54. The maximum absolute atomic E-state index is 9.30. The number of nitrogens with one attached hydrogen (secondary N) is 4. The van der Waals surface area contributed by atoms with Crippen LogP contribution in [0.3, 0.4) is 0 Å². The fourth-order valence-corrected chi connectivity index (χ4v) is 9.53. The van der Waals surface area contributed by atoms with Gasteiger partial charge in [0.05, 0.1) is 32.1 Å². The number of ether oxygens (including phenoxy) is 1. The number of nitrogens with two attached hydrogens (primary N) is 4. The van der Waals surface area contributed by atoms with E-state index in [4.69, 9.17) is 50.9 Å². The maximum atomic E-state index is 9.30. The average Bonchev–Trinajstić information content (AvgIpc) is 4.16. The van der Waals surface area contributed by atoms with E-state index >= 15 is 0 Å². The van der Waals surface area contributed by atoms with Crippen molar-refractivity contribution in [3.8, 4) is 44.9 Å². The van der Waals surface area contributed by atoms with Gasteiger partial charge in [-0.25, -0.2) is 0 Å². The average molecular weight is 1190 g/mol. The maximum Gasteiger partial charge on any atom is 0.153 e. The van der Waals surface area contributed by atoms with E-state index in [1.807, 2.05) is 127 Å². The Labute approximate surface area is 446 Å². The fraction of sp³-hybridized carbons (Fsp3) is 0.0189. The smallest absolute Gasteiger partial charge is 0.153 e. The Bertz CT molecular complexity index is 3830. The molecule has 12 rings (SSSR count). The molecule has 13 N–H and O–H groups in total. The summed E-state index contributed by atoms with van der Waals surface area (Å²) in [6.45, 7) is 0.559. The Balaban J connectivity index is 0.000000122. The summed E-state index contributed by atoms with van der Waals surface area (Å²) in [5.74, 6) is 3.07. The van der Waals surface area contributed by atoms with Crippen LogP contribution >= 0.6 is 71.0 Å². The van der Waals surface area contributed by atoms with Crippen molar-refractivity contribution in [2.75, 3.05) is 22.9 Å². The molecule has 14 nitrogen and oxygen atoms in total. The summed E-state index contributed by atoms with van der Waals surface area (Å²) in [6.07, 6.45) is 0. The van der Waals surface area contributed by atoms with E-state index in [2.05, 4.69) is 101 Å². The highest BCUT2D eigenvalue weighted by Crippen LogP contribution is 2.37. The second-order valence-corrected chi connectivity index (χ2v) is 19.5. The first kappa shape index (κ1) is 49.4. The molecule has 0 spiro atoms. The van der Waals surface area contributed by atoms with Crippen LogP contribution in [0.25, 0.3) is 77.0 Å². The van der Waals surface area contributed by atoms with Crippen molar-refractivity contribution in [3.05, 3.63) is 187 Å². The van der Waals surface area contributed by atoms with Gasteiger partial charge in [-0.1, -0.05) is 140 Å². The lowest BCUT2D eigenvalue weighted by Crippen LogP contribution is -1.94. The number of nitrogens with zero attached hydrogens (tertiary/aromatic N) is 4. The van der Waals surface area contributed by atoms with Gasteiger partial charge in [-0.2, -0.15) is 20.4 Å². The summed E-state index contributed by atoms with van der Waals surface area (Å²) in [6, 6.07) is 50.6. The molecule has 4 heterocycles. The molecule has 19 heteroatoms. The molecule has 0 fully saturated rings. The van der Waals surface area contributed by atoms with E-state index in [1.165, 1.54) is 0 Å². The number of H-pyrrole nitrogens is 4. The van der Waals surface area contributed by atoms with Gasteiger partial charge < -0.3 is 32.8 Å². The highest BCUT2D eigenvalue weighted by Gasteiger charge is 2.13. The van der Waals surface area contributed by atoms with Gasteiger partial charge in [0.25, 0.3) is 0 Å². The second-order valence-electron chi connectivity index (χ2n) is 16.1. The quantitative estimate of drug-likeness (QED) is 0.0762. The minimum absolute atomic E-state index is 0.252. The molecule has 0 amide bonds. The molecule has 4 aromatic heterocycles. The highest BCUT2D eigenvalue weighted by molar-refractivity contribution is 9.11. The Morgan fingerprint density at radius 1 is 0.431 bits per heavy atom. The number of anilines is 4. The third kappa shape index (κ3) is 11.2. The Morgan fingerprint density at radius 3 is 1.31 bits per heavy atom. The number of fused-ring (bicyclic) bond motifs is 4. The number of hydrogen-bond donors (Lipinski definition) is 9. The number of aromatic hydroxyl groups is 1. The molecular formula is C53H41Br3Cl2N12O2. The molecule has 8 aromatic carbocycles. The summed E-state index contributed by atoms with van der Waals surface area (Å²) < 4.78 is 8.58. The van der Waals surface area contributed by atoms with Gasteiger partial charge >= 0.3 is 0 Å². The molecular weight excluding hydrogens is 1150 g/mol. The van der Waals surface area contributed by atoms with Gasteiger partial charge in [-0.15, -0.1) is 0 Å². The predicted molar refractivity (Wildman–Crippen MR) is 304 cm³/mol. The highest BCUT2D eigenvalue weighted by atomic mass is 79.9. The minimum Gasteiger partial charge on any atom is -0.508 e. The lowest BCUT2D eigenvalue weighted by Gasteiger charge is -2.09. The zero-order valence-corrected chi connectivity index (χ0v) is 43.8. The summed E-state index contributed by atoms with van der Waals surface area (Å²) in [5.41, 5.74) is 33.9. The number of aromatic nitrogens is 8. The van der Waals surface area contributed by atoms with Crippen molar-refractivity contribution in [3.63, 3.8) is 0 Å². The van der Waals surface area contributed by atoms with Crippen LogP contribution in [0.4, 0.5) is 23.3 Å². The van der Waals surface area contributed by atoms with Crippen LogP contribution < -0.4 is 27.7 Å². The summed E-state index contributed by atoms with van der Waals surface area (Å²) in [4.78, 5) is 0. The first-order chi connectivity index (χ1) is 34.8. The number of phenolic OH excluding ortho intramolecular Hbond substituents is 1. The molecule has 12 aromatic rings. The zero-order valence-electron chi connectivity index (χ0n) is 37.6. The molecule has 0 unspecified atom stereocenters. The van der Waals surface area contributed by atoms with Crippen molar-refractivity contribution in [1.29, 1.82) is 0 Å². The van der Waals surface area contributed by atoms with Crippen LogP contribution in [-0.2, 0) is 6.61 Å². The lowest BCUT2D eigenvalue weighted by atomic mass is 10.0. The molecule has 0 atom stereocenters. The van der Waals surface area contributed by atoms with Crippen LogP contribution in [0.5, 0.6) is 11.5 Å². The molecule has 0 bridgehead atoms. The van der Waals surface area contributed by atoms with Crippen LogP contribution in [0.2, 0.25) is 10.0 Å². The van der Waals surface area contributed by atoms with Crippen molar-refractivity contribution < 1.29 is 9.84 Å². The minimum atomic E-state index is 0.252. The molecule has 360 valence electrons. The number of nitrogen functional groups attached to an aromatic ring is 4. The van der Waals surface area contributed by atoms with Gasteiger partial charge in [0.1, 0.15) is 18.1 Å². The van der Waals surface area contributed by atoms with E-state index in [0.717, 1.165) is 102 Å². The fourth-order valence-electron chi connectivity index (χ4n) is 7.60. The van der Waals surface area contributed by atoms with E-state index in [9.17, 15) is 5.11 Å². The van der Waals surface area contributed by atoms with E-state index in [1.54, 1.807) is 18.2 Å². The van der Waals surface area contributed by atoms with Crippen molar-refractivity contribution in [1.82, 2.24) is 40.8 Å². The third-order valence-corrected chi connectivity index (χ3v) is 14.2. The number of rotatable bonds is 6.